The summed E-state index contributed by atoms with van der Waals surface area (Å²) in [5, 5.41) is 9.41. The van der Waals surface area contributed by atoms with E-state index in [0.717, 1.165) is 12.2 Å². The van der Waals surface area contributed by atoms with Crippen molar-refractivity contribution in [2.75, 3.05) is 25.2 Å². The van der Waals surface area contributed by atoms with Gasteiger partial charge in [0.15, 0.2) is 0 Å². The van der Waals surface area contributed by atoms with E-state index in [9.17, 15) is 5.11 Å². The van der Waals surface area contributed by atoms with E-state index in [-0.39, 0.29) is 0 Å². The molecule has 0 aliphatic rings. The van der Waals surface area contributed by atoms with Gasteiger partial charge in [-0.3, -0.25) is 4.98 Å². The molecule has 0 amide bonds. The van der Waals surface area contributed by atoms with E-state index >= 15 is 0 Å². The molecule has 4 heteroatoms. The Morgan fingerprint density at radius 2 is 2.12 bits per heavy atom. The molecule has 17 heavy (non-hydrogen) atoms. The standard InChI is InChI=1S/C13H22N2O2/c1-5-15(10(2)9-17-4)12-6-7-13(11(3)16)14-8-12/h6-8,10-11,16H,5,9H2,1-4H3/t10?,11-/m1/s1. The third-order valence-corrected chi connectivity index (χ3v) is 2.81. The Bertz CT molecular complexity index is 325. The van der Waals surface area contributed by atoms with Gasteiger partial charge in [-0.2, -0.15) is 0 Å². The Morgan fingerprint density at radius 1 is 1.41 bits per heavy atom. The van der Waals surface area contributed by atoms with E-state index < -0.39 is 6.10 Å². The number of likely N-dealkylation sites (N-methyl/N-ethyl adjacent to an activating group) is 1. The first-order valence-corrected chi connectivity index (χ1v) is 5.99. The SMILES string of the molecule is CCN(c1ccc([C@@H](C)O)nc1)C(C)COC. The van der Waals surface area contributed by atoms with Crippen LogP contribution in [-0.2, 0) is 4.74 Å². The number of nitrogens with zero attached hydrogens (tertiary/aromatic N) is 2. The van der Waals surface area contributed by atoms with Crippen molar-refractivity contribution >= 4 is 5.69 Å². The number of anilines is 1. The molecule has 0 aliphatic carbocycles. The highest BCUT2D eigenvalue weighted by Crippen LogP contribution is 2.18. The molecule has 1 heterocycles. The minimum atomic E-state index is -0.518. The molecule has 1 aromatic rings. The average Bonchev–Trinajstić information content (AvgIpc) is 2.31. The molecule has 0 aliphatic heterocycles. The van der Waals surface area contributed by atoms with Crippen molar-refractivity contribution in [2.24, 2.45) is 0 Å². The Labute approximate surface area is 103 Å². The third-order valence-electron chi connectivity index (χ3n) is 2.81. The van der Waals surface area contributed by atoms with Crippen LogP contribution in [0.2, 0.25) is 0 Å². The summed E-state index contributed by atoms with van der Waals surface area (Å²) < 4.78 is 5.17. The highest BCUT2D eigenvalue weighted by Gasteiger charge is 2.13. The largest absolute Gasteiger partial charge is 0.387 e. The fourth-order valence-electron chi connectivity index (χ4n) is 1.89. The van der Waals surface area contributed by atoms with Gasteiger partial charge < -0.3 is 14.7 Å². The molecule has 0 fully saturated rings. The van der Waals surface area contributed by atoms with Crippen LogP contribution in [0.1, 0.15) is 32.6 Å². The van der Waals surface area contributed by atoms with Crippen molar-refractivity contribution < 1.29 is 9.84 Å². The summed E-state index contributed by atoms with van der Waals surface area (Å²) >= 11 is 0. The van der Waals surface area contributed by atoms with Crippen LogP contribution in [0.15, 0.2) is 18.3 Å². The second kappa shape index (κ2) is 6.57. The molecule has 1 N–H and O–H groups in total. The molecule has 0 saturated carbocycles. The van der Waals surface area contributed by atoms with Gasteiger partial charge in [0, 0.05) is 19.7 Å². The molecule has 0 radical (unpaired) electrons. The fourth-order valence-corrected chi connectivity index (χ4v) is 1.89. The summed E-state index contributed by atoms with van der Waals surface area (Å²) in [7, 11) is 1.71. The zero-order valence-electron chi connectivity index (χ0n) is 11.1. The second-order valence-electron chi connectivity index (χ2n) is 4.21. The first-order valence-electron chi connectivity index (χ1n) is 5.99. The molecule has 0 spiro atoms. The van der Waals surface area contributed by atoms with Crippen molar-refractivity contribution in [3.05, 3.63) is 24.0 Å². The summed E-state index contributed by atoms with van der Waals surface area (Å²) in [6.07, 6.45) is 1.29. The molecule has 96 valence electrons. The van der Waals surface area contributed by atoms with Crippen molar-refractivity contribution in [2.45, 2.75) is 32.9 Å². The van der Waals surface area contributed by atoms with Gasteiger partial charge in [-0.15, -0.1) is 0 Å². The van der Waals surface area contributed by atoms with Crippen LogP contribution in [0.4, 0.5) is 5.69 Å². The number of aromatic nitrogens is 1. The topological polar surface area (TPSA) is 45.6 Å². The molecule has 1 aromatic heterocycles. The minimum absolute atomic E-state index is 0.309. The van der Waals surface area contributed by atoms with Gasteiger partial charge in [0.2, 0.25) is 0 Å². The van der Waals surface area contributed by atoms with Gasteiger partial charge in [0.05, 0.1) is 30.3 Å². The van der Waals surface area contributed by atoms with Gasteiger partial charge in [-0.25, -0.2) is 0 Å². The smallest absolute Gasteiger partial charge is 0.0931 e. The molecule has 0 saturated heterocycles. The molecule has 4 nitrogen and oxygen atoms in total. The van der Waals surface area contributed by atoms with E-state index in [0.29, 0.717) is 18.3 Å². The summed E-state index contributed by atoms with van der Waals surface area (Å²) in [6.45, 7) is 7.53. The number of hydrogen-bond donors (Lipinski definition) is 1. The number of rotatable bonds is 6. The Hall–Kier alpha value is -1.13. The van der Waals surface area contributed by atoms with E-state index in [1.807, 2.05) is 12.1 Å². The third kappa shape index (κ3) is 3.68. The normalized spacial score (nSPS) is 14.4. The maximum absolute atomic E-state index is 9.41. The van der Waals surface area contributed by atoms with Gasteiger partial charge in [0.25, 0.3) is 0 Å². The van der Waals surface area contributed by atoms with Crippen LogP contribution < -0.4 is 4.90 Å². The van der Waals surface area contributed by atoms with Crippen molar-refractivity contribution in [1.82, 2.24) is 4.98 Å². The lowest BCUT2D eigenvalue weighted by atomic mass is 10.2. The molecule has 0 bridgehead atoms. The second-order valence-corrected chi connectivity index (χ2v) is 4.21. The Morgan fingerprint density at radius 3 is 2.53 bits per heavy atom. The number of aliphatic hydroxyl groups is 1. The zero-order valence-corrected chi connectivity index (χ0v) is 11.1. The lowest BCUT2D eigenvalue weighted by molar-refractivity contribution is 0.182. The van der Waals surface area contributed by atoms with E-state index in [4.69, 9.17) is 4.74 Å². The Kier molecular flexibility index (Phi) is 5.38. The van der Waals surface area contributed by atoms with E-state index in [2.05, 4.69) is 23.7 Å². The number of ether oxygens (including phenoxy) is 1. The van der Waals surface area contributed by atoms with Gasteiger partial charge in [0.1, 0.15) is 0 Å². The zero-order chi connectivity index (χ0) is 12.8. The minimum Gasteiger partial charge on any atom is -0.387 e. The predicted molar refractivity (Wildman–Crippen MR) is 69.2 cm³/mol. The number of methoxy groups -OCH3 is 1. The van der Waals surface area contributed by atoms with Crippen LogP contribution in [-0.4, -0.2) is 36.4 Å². The highest BCUT2D eigenvalue weighted by molar-refractivity contribution is 5.45. The number of hydrogen-bond acceptors (Lipinski definition) is 4. The maximum Gasteiger partial charge on any atom is 0.0931 e. The molecule has 1 unspecified atom stereocenters. The van der Waals surface area contributed by atoms with E-state index in [1.54, 1.807) is 20.2 Å². The number of pyridine rings is 1. The Balaban J connectivity index is 2.82. The van der Waals surface area contributed by atoms with Crippen LogP contribution in [0, 0.1) is 0 Å². The summed E-state index contributed by atoms with van der Waals surface area (Å²) in [6, 6.07) is 4.16. The molecule has 0 aromatic carbocycles. The van der Waals surface area contributed by atoms with Gasteiger partial charge in [-0.05, 0) is 32.9 Å². The summed E-state index contributed by atoms with van der Waals surface area (Å²) in [5.74, 6) is 0. The van der Waals surface area contributed by atoms with Crippen LogP contribution in [0.5, 0.6) is 0 Å². The molecular formula is C13H22N2O2. The lowest BCUT2D eigenvalue weighted by Crippen LogP contribution is -2.36. The quantitative estimate of drug-likeness (QED) is 0.823. The first-order chi connectivity index (χ1) is 8.10. The van der Waals surface area contributed by atoms with Crippen molar-refractivity contribution in [3.8, 4) is 0 Å². The van der Waals surface area contributed by atoms with Crippen molar-refractivity contribution in [3.63, 3.8) is 0 Å². The predicted octanol–water partition coefficient (Wildman–Crippen LogP) is 2.00. The lowest BCUT2D eigenvalue weighted by Gasteiger charge is -2.29. The molecule has 2 atom stereocenters. The van der Waals surface area contributed by atoms with Crippen molar-refractivity contribution in [1.29, 1.82) is 0 Å². The summed E-state index contributed by atoms with van der Waals surface area (Å²) in [4.78, 5) is 6.48. The summed E-state index contributed by atoms with van der Waals surface area (Å²) in [5.41, 5.74) is 1.76. The first kappa shape index (κ1) is 13.9. The van der Waals surface area contributed by atoms with Crippen LogP contribution in [0.3, 0.4) is 0 Å². The number of aliphatic hydroxyl groups excluding tert-OH is 1. The highest BCUT2D eigenvalue weighted by atomic mass is 16.5. The van der Waals surface area contributed by atoms with E-state index in [1.165, 1.54) is 0 Å². The van der Waals surface area contributed by atoms with Gasteiger partial charge in [-0.1, -0.05) is 0 Å². The molecular weight excluding hydrogens is 216 g/mol. The molecule has 1 rings (SSSR count). The average molecular weight is 238 g/mol. The maximum atomic E-state index is 9.41. The van der Waals surface area contributed by atoms with Crippen LogP contribution in [0.25, 0.3) is 0 Å². The monoisotopic (exact) mass is 238 g/mol. The van der Waals surface area contributed by atoms with Crippen LogP contribution >= 0.6 is 0 Å². The van der Waals surface area contributed by atoms with Gasteiger partial charge >= 0.3 is 0 Å². The fraction of sp³-hybridized carbons (Fsp3) is 0.615.